The molecule has 0 heterocycles. The molecular weight excluding hydrogens is 388 g/mol. The molecular formula is C31H54O. The second-order valence-electron chi connectivity index (χ2n) is 14.5. The molecule has 0 aromatic rings. The standard InChI is InChI=1S/C31H54O/c1-20(2)21(3)10-11-22(4)23-14-18-31(9)25-12-13-26-28(5,6)27(32)16-17-29(26,7)24(25)15-19-30(23,31)8/h20-23,26-27,32H,10-19H2,1-9H3/t21?,22-,23-,26?,27+,29-,30-,31+/m1/s1. The summed E-state index contributed by atoms with van der Waals surface area (Å²) in [6.45, 7) is 22.5. The van der Waals surface area contributed by atoms with E-state index in [1.165, 1.54) is 57.8 Å². The minimum Gasteiger partial charge on any atom is -0.393 e. The Morgan fingerprint density at radius 3 is 2.16 bits per heavy atom. The van der Waals surface area contributed by atoms with E-state index in [-0.39, 0.29) is 11.5 Å². The van der Waals surface area contributed by atoms with Gasteiger partial charge in [-0.3, -0.25) is 0 Å². The number of allylic oxidation sites excluding steroid dienone is 2. The van der Waals surface area contributed by atoms with Gasteiger partial charge in [0.15, 0.2) is 0 Å². The number of rotatable bonds is 5. The van der Waals surface area contributed by atoms with Gasteiger partial charge in [-0.25, -0.2) is 0 Å². The summed E-state index contributed by atoms with van der Waals surface area (Å²) in [4.78, 5) is 0. The molecule has 0 amide bonds. The van der Waals surface area contributed by atoms with Crippen LogP contribution in [0.25, 0.3) is 0 Å². The first-order valence-electron chi connectivity index (χ1n) is 14.2. The molecule has 0 aliphatic heterocycles. The molecule has 4 rings (SSSR count). The molecule has 0 spiro atoms. The average Bonchev–Trinajstić information content (AvgIpc) is 3.00. The van der Waals surface area contributed by atoms with Crippen LogP contribution in [0.4, 0.5) is 0 Å². The van der Waals surface area contributed by atoms with Crippen LogP contribution in [0.15, 0.2) is 11.1 Å². The second kappa shape index (κ2) is 8.13. The molecule has 0 aromatic heterocycles. The zero-order valence-electron chi connectivity index (χ0n) is 23.0. The van der Waals surface area contributed by atoms with Crippen molar-refractivity contribution in [3.63, 3.8) is 0 Å². The summed E-state index contributed by atoms with van der Waals surface area (Å²) in [5.74, 6) is 4.03. The van der Waals surface area contributed by atoms with E-state index in [1.54, 1.807) is 0 Å². The summed E-state index contributed by atoms with van der Waals surface area (Å²) >= 11 is 0. The molecule has 2 saturated carbocycles. The Labute approximate surface area is 200 Å². The van der Waals surface area contributed by atoms with Crippen molar-refractivity contribution in [2.24, 2.45) is 51.2 Å². The number of hydrogen-bond donors (Lipinski definition) is 1. The third kappa shape index (κ3) is 3.41. The molecule has 184 valence electrons. The highest BCUT2D eigenvalue weighted by molar-refractivity contribution is 5.38. The number of aliphatic hydroxyl groups excluding tert-OH is 1. The molecule has 4 aliphatic rings. The van der Waals surface area contributed by atoms with Gasteiger partial charge in [0.2, 0.25) is 0 Å². The second-order valence-corrected chi connectivity index (χ2v) is 14.5. The third-order valence-corrected chi connectivity index (χ3v) is 12.7. The Morgan fingerprint density at radius 1 is 0.812 bits per heavy atom. The summed E-state index contributed by atoms with van der Waals surface area (Å²) in [7, 11) is 0. The highest BCUT2D eigenvalue weighted by Crippen LogP contribution is 2.72. The predicted octanol–water partition coefficient (Wildman–Crippen LogP) is 8.81. The molecule has 0 radical (unpaired) electrons. The van der Waals surface area contributed by atoms with Gasteiger partial charge in [-0.05, 0) is 103 Å². The summed E-state index contributed by atoms with van der Waals surface area (Å²) in [5, 5.41) is 10.8. The Balaban J connectivity index is 1.62. The van der Waals surface area contributed by atoms with Crippen LogP contribution >= 0.6 is 0 Å². The SMILES string of the molecule is CC(C)C(C)CC[C@@H](C)[C@H]1CC[C@@]2(C)C3=C(CC[C@]12C)[C@@]1(C)CC[C@H](O)C(C)(C)C1CC3. The van der Waals surface area contributed by atoms with Crippen LogP contribution in [0.2, 0.25) is 0 Å². The van der Waals surface area contributed by atoms with Crippen LogP contribution in [-0.2, 0) is 0 Å². The van der Waals surface area contributed by atoms with Gasteiger partial charge >= 0.3 is 0 Å². The zero-order chi connectivity index (χ0) is 23.7. The fourth-order valence-corrected chi connectivity index (χ4v) is 9.69. The molecule has 8 atom stereocenters. The first-order chi connectivity index (χ1) is 14.8. The maximum absolute atomic E-state index is 10.8. The zero-order valence-corrected chi connectivity index (χ0v) is 23.0. The van der Waals surface area contributed by atoms with E-state index < -0.39 is 0 Å². The fraction of sp³-hybridized carbons (Fsp3) is 0.935. The lowest BCUT2D eigenvalue weighted by Crippen LogP contribution is -2.55. The molecule has 1 nitrogen and oxygen atoms in total. The molecule has 1 heteroatoms. The average molecular weight is 443 g/mol. The summed E-state index contributed by atoms with van der Waals surface area (Å²) in [6, 6.07) is 0. The van der Waals surface area contributed by atoms with Crippen molar-refractivity contribution in [2.75, 3.05) is 0 Å². The van der Waals surface area contributed by atoms with E-state index in [2.05, 4.69) is 62.3 Å². The van der Waals surface area contributed by atoms with Gasteiger partial charge in [-0.2, -0.15) is 0 Å². The Kier molecular flexibility index (Phi) is 6.31. The normalized spacial score (nSPS) is 45.3. The maximum Gasteiger partial charge on any atom is 0.0594 e. The molecule has 0 bridgehead atoms. The van der Waals surface area contributed by atoms with E-state index in [1.807, 2.05) is 11.1 Å². The van der Waals surface area contributed by atoms with Crippen molar-refractivity contribution in [3.8, 4) is 0 Å². The van der Waals surface area contributed by atoms with Crippen molar-refractivity contribution in [1.82, 2.24) is 0 Å². The van der Waals surface area contributed by atoms with Crippen molar-refractivity contribution < 1.29 is 5.11 Å². The van der Waals surface area contributed by atoms with Crippen molar-refractivity contribution in [2.45, 2.75) is 133 Å². The topological polar surface area (TPSA) is 20.2 Å². The Morgan fingerprint density at radius 2 is 1.50 bits per heavy atom. The van der Waals surface area contributed by atoms with Crippen LogP contribution in [0.3, 0.4) is 0 Å². The van der Waals surface area contributed by atoms with Crippen molar-refractivity contribution >= 4 is 0 Å². The van der Waals surface area contributed by atoms with Crippen molar-refractivity contribution in [1.29, 1.82) is 0 Å². The van der Waals surface area contributed by atoms with Gasteiger partial charge in [0.05, 0.1) is 6.10 Å². The molecule has 4 aliphatic carbocycles. The molecule has 1 N–H and O–H groups in total. The van der Waals surface area contributed by atoms with E-state index in [0.29, 0.717) is 22.2 Å². The molecule has 0 aromatic carbocycles. The lowest BCUT2D eigenvalue weighted by Gasteiger charge is -2.62. The van der Waals surface area contributed by atoms with E-state index in [0.717, 1.165) is 30.1 Å². The van der Waals surface area contributed by atoms with Crippen LogP contribution < -0.4 is 0 Å². The Bertz CT molecular complexity index is 746. The van der Waals surface area contributed by atoms with Gasteiger partial charge in [0, 0.05) is 0 Å². The minimum atomic E-state index is -0.128. The lowest BCUT2D eigenvalue weighted by atomic mass is 9.43. The molecule has 0 saturated heterocycles. The smallest absolute Gasteiger partial charge is 0.0594 e. The molecule has 32 heavy (non-hydrogen) atoms. The number of hydrogen-bond acceptors (Lipinski definition) is 1. The molecule has 2 unspecified atom stereocenters. The lowest BCUT2D eigenvalue weighted by molar-refractivity contribution is -0.0962. The third-order valence-electron chi connectivity index (χ3n) is 12.7. The van der Waals surface area contributed by atoms with E-state index >= 15 is 0 Å². The van der Waals surface area contributed by atoms with Gasteiger partial charge in [-0.15, -0.1) is 0 Å². The first-order valence-corrected chi connectivity index (χ1v) is 14.2. The van der Waals surface area contributed by atoms with E-state index in [4.69, 9.17) is 0 Å². The van der Waals surface area contributed by atoms with Crippen LogP contribution in [0, 0.1) is 51.2 Å². The minimum absolute atomic E-state index is 0.0486. The van der Waals surface area contributed by atoms with Crippen molar-refractivity contribution in [3.05, 3.63) is 11.1 Å². The Hall–Kier alpha value is -0.300. The predicted molar refractivity (Wildman–Crippen MR) is 137 cm³/mol. The summed E-state index contributed by atoms with van der Waals surface area (Å²) < 4.78 is 0. The highest BCUT2D eigenvalue weighted by Gasteiger charge is 2.63. The molecule has 2 fully saturated rings. The van der Waals surface area contributed by atoms with Crippen LogP contribution in [-0.4, -0.2) is 11.2 Å². The first kappa shape index (κ1) is 24.8. The van der Waals surface area contributed by atoms with Gasteiger partial charge in [0.1, 0.15) is 0 Å². The van der Waals surface area contributed by atoms with Gasteiger partial charge in [0.25, 0.3) is 0 Å². The highest BCUT2D eigenvalue weighted by atomic mass is 16.3. The van der Waals surface area contributed by atoms with Gasteiger partial charge in [-0.1, -0.05) is 86.3 Å². The quantitative estimate of drug-likeness (QED) is 0.422. The number of aliphatic hydroxyl groups is 1. The van der Waals surface area contributed by atoms with Crippen LogP contribution in [0.5, 0.6) is 0 Å². The fourth-order valence-electron chi connectivity index (χ4n) is 9.69. The van der Waals surface area contributed by atoms with E-state index in [9.17, 15) is 5.11 Å². The van der Waals surface area contributed by atoms with Gasteiger partial charge < -0.3 is 5.11 Å². The number of fused-ring (bicyclic) bond motifs is 4. The monoisotopic (exact) mass is 442 g/mol. The van der Waals surface area contributed by atoms with Crippen LogP contribution in [0.1, 0.15) is 127 Å². The summed E-state index contributed by atoms with van der Waals surface area (Å²) in [5.41, 5.74) is 4.98. The summed E-state index contributed by atoms with van der Waals surface area (Å²) in [6.07, 6.45) is 13.0. The maximum atomic E-state index is 10.8. The largest absolute Gasteiger partial charge is 0.393 e.